The zero-order chi connectivity index (χ0) is 25.4. The van der Waals surface area contributed by atoms with E-state index >= 15 is 0 Å². The topological polar surface area (TPSA) is 16.2 Å². The van der Waals surface area contributed by atoms with Crippen LogP contribution in [0.1, 0.15) is 0 Å². The summed E-state index contributed by atoms with van der Waals surface area (Å²) in [4.78, 5) is 11.6. The van der Waals surface area contributed by atoms with Gasteiger partial charge in [-0.2, -0.15) is 0 Å². The monoisotopic (exact) mass is 493 g/mol. The van der Waals surface area contributed by atoms with Gasteiger partial charge < -0.3 is 24.4 Å². The van der Waals surface area contributed by atoms with E-state index < -0.39 is 0 Å². The van der Waals surface area contributed by atoms with E-state index in [2.05, 4.69) is 148 Å². The summed E-state index contributed by atoms with van der Waals surface area (Å²) in [5.74, 6) is 0. The normalized spacial score (nSPS) is 16.5. The van der Waals surface area contributed by atoms with Crippen LogP contribution in [0.3, 0.4) is 0 Å². The van der Waals surface area contributed by atoms with Crippen LogP contribution in [-0.2, 0) is 0 Å². The van der Waals surface area contributed by atoms with Crippen molar-refractivity contribution in [2.24, 2.45) is 0 Å². The van der Waals surface area contributed by atoms with Crippen molar-refractivity contribution < 1.29 is 0 Å². The first kappa shape index (κ1) is 21.5. The van der Waals surface area contributed by atoms with E-state index in [0.29, 0.717) is 0 Å². The molecule has 4 aliphatic rings. The van der Waals surface area contributed by atoms with Gasteiger partial charge in [-0.25, -0.2) is 0 Å². The largest absolute Gasteiger partial charge is 0.376 e. The third-order valence-electron chi connectivity index (χ3n) is 8.24. The molecule has 0 N–H and O–H groups in total. The second-order valence-corrected chi connectivity index (χ2v) is 10.7. The number of nitrogens with zero attached hydrogens (tertiary/aromatic N) is 5. The molecule has 0 saturated carbocycles. The summed E-state index contributed by atoms with van der Waals surface area (Å²) in [6, 6.07) is 31.8. The van der Waals surface area contributed by atoms with Gasteiger partial charge in [-0.3, -0.25) is 0 Å². The average molecular weight is 493 g/mol. The number of para-hydroxylation sites is 2. The molecular weight excluding hydrogens is 465 g/mol. The molecule has 4 aromatic carbocycles. The van der Waals surface area contributed by atoms with Crippen molar-refractivity contribution in [2.75, 3.05) is 42.0 Å². The fraction of sp³-hybridized carbons (Fsp3) is 0.125. The SMILES string of the molecule is CN1C=CN(c2ccc3c(c2)B2c4cc(N5C=CN(C)C5)ccc4-c4ccccc4N2c2ccccc2-3)C1. The van der Waals surface area contributed by atoms with Gasteiger partial charge >= 0.3 is 6.85 Å². The zero-order valence-electron chi connectivity index (χ0n) is 21.6. The van der Waals surface area contributed by atoms with Crippen LogP contribution < -0.4 is 25.5 Å². The number of anilines is 4. The van der Waals surface area contributed by atoms with Gasteiger partial charge in [0.25, 0.3) is 0 Å². The van der Waals surface area contributed by atoms with E-state index in [9.17, 15) is 0 Å². The second kappa shape index (κ2) is 7.96. The first-order valence-electron chi connectivity index (χ1n) is 13.2. The van der Waals surface area contributed by atoms with Crippen molar-refractivity contribution in [3.05, 3.63) is 110 Å². The fourth-order valence-electron chi connectivity index (χ4n) is 6.47. The second-order valence-electron chi connectivity index (χ2n) is 10.7. The Bertz CT molecular complexity index is 1540. The fourth-order valence-corrected chi connectivity index (χ4v) is 6.47. The van der Waals surface area contributed by atoms with Crippen molar-refractivity contribution in [1.29, 1.82) is 0 Å². The summed E-state index contributed by atoms with van der Waals surface area (Å²) < 4.78 is 0. The van der Waals surface area contributed by atoms with Crippen LogP contribution in [0.5, 0.6) is 0 Å². The van der Waals surface area contributed by atoms with E-state index in [4.69, 9.17) is 0 Å². The third kappa shape index (κ3) is 3.06. The van der Waals surface area contributed by atoms with E-state index in [1.165, 1.54) is 55.9 Å². The van der Waals surface area contributed by atoms with E-state index in [-0.39, 0.29) is 6.85 Å². The minimum Gasteiger partial charge on any atom is -0.376 e. The third-order valence-corrected chi connectivity index (χ3v) is 8.24. The van der Waals surface area contributed by atoms with Crippen molar-refractivity contribution in [1.82, 2.24) is 9.80 Å². The zero-order valence-corrected chi connectivity index (χ0v) is 21.6. The maximum Gasteiger partial charge on any atom is 0.329 e. The lowest BCUT2D eigenvalue weighted by atomic mass is 9.43. The van der Waals surface area contributed by atoms with Crippen LogP contribution >= 0.6 is 0 Å². The first-order valence-corrected chi connectivity index (χ1v) is 13.2. The molecule has 0 amide bonds. The summed E-state index contributed by atoms with van der Waals surface area (Å²) in [5, 5.41) is 0. The molecule has 6 heteroatoms. The number of rotatable bonds is 2. The van der Waals surface area contributed by atoms with Crippen LogP contribution in [0.25, 0.3) is 22.3 Å². The molecule has 0 saturated heterocycles. The standard InChI is InChI=1S/C32H28BN5/c1-34-15-17-36(21-34)23-11-13-25-27-7-3-5-9-31(27)38-32-10-6-4-8-28(32)26-14-12-24(37-18-16-35(2)22-37)20-30(26)33(38)29(25)19-23/h3-20H,21-22H2,1-2H3. The molecule has 8 rings (SSSR count). The molecule has 5 nitrogen and oxygen atoms in total. The van der Waals surface area contributed by atoms with E-state index in [0.717, 1.165) is 13.3 Å². The lowest BCUT2D eigenvalue weighted by molar-refractivity contribution is 0.496. The maximum absolute atomic E-state index is 2.57. The van der Waals surface area contributed by atoms with Gasteiger partial charge in [0.15, 0.2) is 0 Å². The summed E-state index contributed by atoms with van der Waals surface area (Å²) in [6.07, 6.45) is 8.63. The van der Waals surface area contributed by atoms with Crippen molar-refractivity contribution in [3.63, 3.8) is 0 Å². The van der Waals surface area contributed by atoms with Gasteiger partial charge in [-0.15, -0.1) is 0 Å². The Morgan fingerprint density at radius 2 is 1.00 bits per heavy atom. The van der Waals surface area contributed by atoms with Crippen molar-refractivity contribution >= 4 is 40.5 Å². The first-order chi connectivity index (χ1) is 18.7. The van der Waals surface area contributed by atoms with Crippen molar-refractivity contribution in [2.45, 2.75) is 0 Å². The van der Waals surface area contributed by atoms with Gasteiger partial charge in [0.1, 0.15) is 0 Å². The summed E-state index contributed by atoms with van der Waals surface area (Å²) in [6.45, 7) is 1.81. The van der Waals surface area contributed by atoms with Crippen LogP contribution in [0, 0.1) is 0 Å². The van der Waals surface area contributed by atoms with E-state index in [1.807, 2.05) is 0 Å². The average Bonchev–Trinajstić information content (AvgIpc) is 3.60. The summed E-state index contributed by atoms with van der Waals surface area (Å²) in [7, 11) is 4.24. The molecule has 0 atom stereocenters. The summed E-state index contributed by atoms with van der Waals surface area (Å²) >= 11 is 0. The lowest BCUT2D eigenvalue weighted by Crippen LogP contribution is -2.59. The highest BCUT2D eigenvalue weighted by molar-refractivity contribution is 6.92. The predicted octanol–water partition coefficient (Wildman–Crippen LogP) is 4.95. The minimum absolute atomic E-state index is 0.0818. The highest BCUT2D eigenvalue weighted by atomic mass is 15.3. The molecule has 184 valence electrons. The summed E-state index contributed by atoms with van der Waals surface area (Å²) in [5.41, 5.74) is 12.9. The molecule has 4 aliphatic heterocycles. The lowest BCUT2D eigenvalue weighted by Gasteiger charge is -2.43. The number of hydrogen-bond donors (Lipinski definition) is 0. The van der Waals surface area contributed by atoms with Crippen LogP contribution in [0.4, 0.5) is 22.7 Å². The maximum atomic E-state index is 2.57. The van der Waals surface area contributed by atoms with Crippen LogP contribution in [0.2, 0.25) is 0 Å². The van der Waals surface area contributed by atoms with Gasteiger partial charge in [0.05, 0.1) is 13.3 Å². The van der Waals surface area contributed by atoms with Gasteiger partial charge in [-0.1, -0.05) is 48.5 Å². The Kier molecular flexibility index (Phi) is 4.50. The van der Waals surface area contributed by atoms with Crippen LogP contribution in [-0.4, -0.2) is 44.1 Å². The van der Waals surface area contributed by atoms with Crippen LogP contribution in [0.15, 0.2) is 110 Å². The molecule has 0 aromatic heterocycles. The van der Waals surface area contributed by atoms with Gasteiger partial charge in [0, 0.05) is 72.8 Å². The molecule has 38 heavy (non-hydrogen) atoms. The quantitative estimate of drug-likeness (QED) is 0.366. The predicted molar refractivity (Wildman–Crippen MR) is 159 cm³/mol. The molecule has 4 aromatic rings. The Morgan fingerprint density at radius 1 is 0.526 bits per heavy atom. The Morgan fingerprint density at radius 3 is 1.45 bits per heavy atom. The Labute approximate surface area is 224 Å². The minimum atomic E-state index is 0.0818. The molecule has 0 unspecified atom stereocenters. The number of benzene rings is 4. The highest BCUT2D eigenvalue weighted by Gasteiger charge is 2.42. The Hall–Kier alpha value is -4.58. The molecule has 0 fully saturated rings. The molecule has 0 aliphatic carbocycles. The molecule has 0 bridgehead atoms. The molecule has 0 spiro atoms. The molecular formula is C32H28BN5. The molecule has 0 radical (unpaired) electrons. The smallest absolute Gasteiger partial charge is 0.329 e. The number of fused-ring (bicyclic) bond motifs is 11. The van der Waals surface area contributed by atoms with E-state index in [1.54, 1.807) is 0 Å². The molecule has 4 heterocycles. The van der Waals surface area contributed by atoms with Crippen molar-refractivity contribution in [3.8, 4) is 22.3 Å². The van der Waals surface area contributed by atoms with Gasteiger partial charge in [-0.05, 0) is 58.5 Å². The highest BCUT2D eigenvalue weighted by Crippen LogP contribution is 2.46. The Balaban J connectivity index is 1.39. The number of hydrogen-bond acceptors (Lipinski definition) is 5. The van der Waals surface area contributed by atoms with Gasteiger partial charge in [0.2, 0.25) is 0 Å².